The van der Waals surface area contributed by atoms with Gasteiger partial charge in [-0.3, -0.25) is 13.9 Å². The highest BCUT2D eigenvalue weighted by Gasteiger charge is 2.33. The van der Waals surface area contributed by atoms with Gasteiger partial charge in [0.05, 0.1) is 31.4 Å². The highest BCUT2D eigenvalue weighted by atomic mass is 32.2. The lowest BCUT2D eigenvalue weighted by molar-refractivity contribution is -0.139. The van der Waals surface area contributed by atoms with Crippen LogP contribution in [0.25, 0.3) is 0 Å². The lowest BCUT2D eigenvalue weighted by Crippen LogP contribution is -2.53. The Kier molecular flexibility index (Phi) is 11.9. The van der Waals surface area contributed by atoms with Gasteiger partial charge in [-0.25, -0.2) is 12.8 Å². The van der Waals surface area contributed by atoms with E-state index in [1.165, 1.54) is 61.6 Å². The summed E-state index contributed by atoms with van der Waals surface area (Å²) in [7, 11) is -1.51. The van der Waals surface area contributed by atoms with E-state index < -0.39 is 34.3 Å². The Labute approximate surface area is 270 Å². The highest BCUT2D eigenvalue weighted by Crippen LogP contribution is 2.33. The second-order valence-electron chi connectivity index (χ2n) is 11.1. The van der Waals surface area contributed by atoms with Crippen LogP contribution in [0.4, 0.5) is 10.1 Å². The SMILES string of the molecule is CCOc1ccc(N(CC(=O)N(Cc2ccc(F)cc2)[C@@H](C)C(=O)NC2CCCCC2)S(=O)(=O)c2ccc(OC)c(OC)c2)cc1. The van der Waals surface area contributed by atoms with Crippen LogP contribution >= 0.6 is 0 Å². The summed E-state index contributed by atoms with van der Waals surface area (Å²) >= 11 is 0. The minimum atomic E-state index is -4.35. The summed E-state index contributed by atoms with van der Waals surface area (Å²) in [4.78, 5) is 28.9. The molecule has 0 spiro atoms. The summed E-state index contributed by atoms with van der Waals surface area (Å²) in [6.07, 6.45) is 4.87. The third kappa shape index (κ3) is 8.48. The second kappa shape index (κ2) is 15.8. The van der Waals surface area contributed by atoms with Gasteiger partial charge in [-0.05, 0) is 80.8 Å². The first-order valence-corrected chi connectivity index (χ1v) is 16.8. The zero-order valence-corrected chi connectivity index (χ0v) is 27.5. The molecule has 1 aliphatic rings. The Morgan fingerprint density at radius 2 is 1.59 bits per heavy atom. The molecule has 46 heavy (non-hydrogen) atoms. The molecule has 0 heterocycles. The van der Waals surface area contributed by atoms with Gasteiger partial charge in [0.2, 0.25) is 11.8 Å². The summed E-state index contributed by atoms with van der Waals surface area (Å²) < 4.78 is 59.3. The maximum Gasteiger partial charge on any atom is 0.264 e. The van der Waals surface area contributed by atoms with Crippen molar-refractivity contribution in [2.24, 2.45) is 0 Å². The molecule has 3 aromatic rings. The molecule has 0 radical (unpaired) electrons. The van der Waals surface area contributed by atoms with Gasteiger partial charge in [0.1, 0.15) is 24.2 Å². The normalized spacial score (nSPS) is 14.2. The van der Waals surface area contributed by atoms with Crippen LogP contribution in [0.3, 0.4) is 0 Å². The molecule has 1 fully saturated rings. The molecule has 3 aromatic carbocycles. The lowest BCUT2D eigenvalue weighted by Gasteiger charge is -2.33. The summed E-state index contributed by atoms with van der Waals surface area (Å²) in [5, 5.41) is 3.07. The molecule has 0 aromatic heterocycles. The molecule has 0 bridgehead atoms. The summed E-state index contributed by atoms with van der Waals surface area (Å²) in [5.41, 5.74) is 0.801. The van der Waals surface area contributed by atoms with Crippen LogP contribution in [-0.2, 0) is 26.2 Å². The number of carbonyl (C=O) groups is 2. The van der Waals surface area contributed by atoms with Crippen molar-refractivity contribution < 1.29 is 36.6 Å². The van der Waals surface area contributed by atoms with E-state index in [0.29, 0.717) is 23.7 Å². The fraction of sp³-hybridized carbons (Fsp3) is 0.412. The number of halogens is 1. The van der Waals surface area contributed by atoms with Crippen molar-refractivity contribution in [3.05, 3.63) is 78.1 Å². The van der Waals surface area contributed by atoms with Gasteiger partial charge in [-0.1, -0.05) is 31.4 Å². The molecule has 10 nitrogen and oxygen atoms in total. The number of carbonyl (C=O) groups excluding carboxylic acids is 2. The lowest BCUT2D eigenvalue weighted by atomic mass is 9.95. The molecule has 1 atom stereocenters. The number of sulfonamides is 1. The highest BCUT2D eigenvalue weighted by molar-refractivity contribution is 7.92. The van der Waals surface area contributed by atoms with Crippen molar-refractivity contribution in [2.45, 2.75) is 69.5 Å². The van der Waals surface area contributed by atoms with Crippen LogP contribution in [0.5, 0.6) is 17.2 Å². The topological polar surface area (TPSA) is 114 Å². The zero-order valence-electron chi connectivity index (χ0n) is 26.7. The second-order valence-corrected chi connectivity index (χ2v) is 13.0. The fourth-order valence-electron chi connectivity index (χ4n) is 5.45. The first-order valence-electron chi connectivity index (χ1n) is 15.4. The average Bonchev–Trinajstić information content (AvgIpc) is 3.07. The number of hydrogen-bond donors (Lipinski definition) is 1. The number of ether oxygens (including phenoxy) is 3. The Morgan fingerprint density at radius 3 is 2.20 bits per heavy atom. The van der Waals surface area contributed by atoms with Gasteiger partial charge < -0.3 is 24.4 Å². The number of amides is 2. The van der Waals surface area contributed by atoms with Gasteiger partial charge in [0, 0.05) is 18.7 Å². The number of nitrogens with zero attached hydrogens (tertiary/aromatic N) is 2. The summed E-state index contributed by atoms with van der Waals surface area (Å²) in [5.74, 6) is -0.313. The minimum absolute atomic E-state index is 0.0113. The van der Waals surface area contributed by atoms with Crippen LogP contribution in [0.1, 0.15) is 51.5 Å². The number of nitrogens with one attached hydrogen (secondary N) is 1. The first-order chi connectivity index (χ1) is 22.1. The van der Waals surface area contributed by atoms with Crippen LogP contribution < -0.4 is 23.8 Å². The van der Waals surface area contributed by atoms with Crippen LogP contribution in [0.2, 0.25) is 0 Å². The van der Waals surface area contributed by atoms with Crippen molar-refractivity contribution in [3.8, 4) is 17.2 Å². The van der Waals surface area contributed by atoms with Crippen molar-refractivity contribution in [3.63, 3.8) is 0 Å². The maximum atomic E-state index is 14.2. The Hall–Kier alpha value is -4.32. The number of benzene rings is 3. The summed E-state index contributed by atoms with van der Waals surface area (Å²) in [6, 6.07) is 15.2. The molecule has 2 amide bonds. The first kappa shape index (κ1) is 34.6. The van der Waals surface area contributed by atoms with Gasteiger partial charge in [-0.15, -0.1) is 0 Å². The van der Waals surface area contributed by atoms with E-state index in [2.05, 4.69) is 5.32 Å². The van der Waals surface area contributed by atoms with Crippen molar-refractivity contribution in [2.75, 3.05) is 31.7 Å². The molecule has 12 heteroatoms. The van der Waals surface area contributed by atoms with Crippen molar-refractivity contribution in [1.29, 1.82) is 0 Å². The number of anilines is 1. The van der Waals surface area contributed by atoms with E-state index in [9.17, 15) is 22.4 Å². The Bertz CT molecular complexity index is 1580. The molecule has 0 unspecified atom stereocenters. The standard InChI is InChI=1S/C34H42FN3O7S/c1-5-45-29-17-15-28(16-18-29)38(46(41,42)30-19-20-31(43-3)32(21-30)44-4)23-33(39)37(22-25-11-13-26(35)14-12-25)24(2)34(40)36-27-9-7-6-8-10-27/h11-21,24,27H,5-10,22-23H2,1-4H3,(H,36,40)/t24-/m0/s1. The van der Waals surface area contributed by atoms with Crippen molar-refractivity contribution >= 4 is 27.5 Å². The molecule has 1 aliphatic carbocycles. The third-order valence-corrected chi connectivity index (χ3v) is 9.81. The van der Waals surface area contributed by atoms with Crippen LogP contribution in [0, 0.1) is 5.82 Å². The molecule has 0 aliphatic heterocycles. The van der Waals surface area contributed by atoms with E-state index in [1.807, 2.05) is 6.92 Å². The molecule has 1 saturated carbocycles. The monoisotopic (exact) mass is 655 g/mol. The van der Waals surface area contributed by atoms with E-state index in [0.717, 1.165) is 36.4 Å². The maximum absolute atomic E-state index is 14.2. The molecular weight excluding hydrogens is 613 g/mol. The Balaban J connectivity index is 1.71. The van der Waals surface area contributed by atoms with Crippen LogP contribution in [-0.4, -0.2) is 64.6 Å². The molecule has 0 saturated heterocycles. The number of hydrogen-bond acceptors (Lipinski definition) is 7. The molecule has 4 rings (SSSR count). The molecule has 1 N–H and O–H groups in total. The smallest absolute Gasteiger partial charge is 0.264 e. The molecule has 248 valence electrons. The van der Waals surface area contributed by atoms with Gasteiger partial charge in [0.15, 0.2) is 11.5 Å². The largest absolute Gasteiger partial charge is 0.494 e. The Morgan fingerprint density at radius 1 is 0.935 bits per heavy atom. The van der Waals surface area contributed by atoms with Crippen molar-refractivity contribution in [1.82, 2.24) is 10.2 Å². The quantitative estimate of drug-likeness (QED) is 0.251. The van der Waals surface area contributed by atoms with E-state index in [4.69, 9.17) is 14.2 Å². The predicted octanol–water partition coefficient (Wildman–Crippen LogP) is 5.30. The number of rotatable bonds is 14. The predicted molar refractivity (Wildman–Crippen MR) is 173 cm³/mol. The zero-order chi connectivity index (χ0) is 33.3. The van der Waals surface area contributed by atoms with Gasteiger partial charge in [-0.2, -0.15) is 0 Å². The van der Waals surface area contributed by atoms with E-state index in [1.54, 1.807) is 31.2 Å². The average molecular weight is 656 g/mol. The molecular formula is C34H42FN3O7S. The van der Waals surface area contributed by atoms with Crippen LogP contribution in [0.15, 0.2) is 71.6 Å². The fourth-order valence-corrected chi connectivity index (χ4v) is 6.88. The minimum Gasteiger partial charge on any atom is -0.494 e. The van der Waals surface area contributed by atoms with Gasteiger partial charge in [0.25, 0.3) is 10.0 Å². The number of methoxy groups -OCH3 is 2. The van der Waals surface area contributed by atoms with E-state index in [-0.39, 0.29) is 34.8 Å². The van der Waals surface area contributed by atoms with Gasteiger partial charge >= 0.3 is 0 Å². The third-order valence-electron chi connectivity index (χ3n) is 8.04. The summed E-state index contributed by atoms with van der Waals surface area (Å²) in [6.45, 7) is 3.22. The van der Waals surface area contributed by atoms with E-state index >= 15 is 0 Å².